The minimum absolute atomic E-state index is 0.128. The third-order valence-corrected chi connectivity index (χ3v) is 6.41. The first-order chi connectivity index (χ1) is 18.1. The van der Waals surface area contributed by atoms with Crippen LogP contribution in [0.4, 0.5) is 5.69 Å². The molecule has 38 heavy (non-hydrogen) atoms. The number of carbonyl (C=O) groups excluding carboxylic acids is 3. The summed E-state index contributed by atoms with van der Waals surface area (Å²) in [6, 6.07) is 19.6. The Morgan fingerprint density at radius 2 is 1.58 bits per heavy atom. The van der Waals surface area contributed by atoms with Crippen LogP contribution in [0.2, 0.25) is 0 Å². The van der Waals surface area contributed by atoms with E-state index in [1.54, 1.807) is 42.5 Å². The van der Waals surface area contributed by atoms with Crippen LogP contribution in [-0.4, -0.2) is 43.2 Å². The Labute approximate surface area is 221 Å². The Kier molecular flexibility index (Phi) is 7.52. The van der Waals surface area contributed by atoms with Gasteiger partial charge in [-0.3, -0.25) is 14.2 Å². The number of fused-ring (bicyclic) bond motifs is 1. The number of para-hydroxylation sites is 1. The number of ether oxygens (including phenoxy) is 3. The second-order valence-corrected chi connectivity index (χ2v) is 9.51. The molecule has 0 spiro atoms. The molecular formula is C30H30N2O6. The third-order valence-electron chi connectivity index (χ3n) is 6.41. The Bertz CT molecular complexity index is 1500. The molecule has 8 nitrogen and oxygen atoms in total. The van der Waals surface area contributed by atoms with E-state index in [1.807, 2.05) is 38.1 Å². The second kappa shape index (κ2) is 10.8. The van der Waals surface area contributed by atoms with E-state index in [-0.39, 0.29) is 18.4 Å². The van der Waals surface area contributed by atoms with Gasteiger partial charge in [0, 0.05) is 35.2 Å². The van der Waals surface area contributed by atoms with Crippen LogP contribution in [0.5, 0.6) is 11.5 Å². The first kappa shape index (κ1) is 26.5. The van der Waals surface area contributed by atoms with Gasteiger partial charge in [0.05, 0.1) is 25.3 Å². The highest BCUT2D eigenvalue weighted by atomic mass is 16.5. The van der Waals surface area contributed by atoms with E-state index in [9.17, 15) is 14.4 Å². The van der Waals surface area contributed by atoms with Gasteiger partial charge in [0.1, 0.15) is 6.61 Å². The first-order valence-corrected chi connectivity index (χ1v) is 12.1. The molecule has 4 rings (SSSR count). The Hall–Kier alpha value is -4.59. The van der Waals surface area contributed by atoms with Crippen molar-refractivity contribution in [3.63, 3.8) is 0 Å². The summed E-state index contributed by atoms with van der Waals surface area (Å²) in [5.41, 5.74) is 2.50. The summed E-state index contributed by atoms with van der Waals surface area (Å²) < 4.78 is 17.6. The Balaban J connectivity index is 1.43. The predicted molar refractivity (Wildman–Crippen MR) is 145 cm³/mol. The normalized spacial score (nSPS) is 11.2. The average Bonchev–Trinajstić information content (AvgIpc) is 3.32. The molecule has 1 aromatic heterocycles. The number of esters is 1. The van der Waals surface area contributed by atoms with Gasteiger partial charge in [0.15, 0.2) is 11.5 Å². The monoisotopic (exact) mass is 514 g/mol. The number of carbonyl (C=O) groups is 3. The number of hydrogen-bond donors (Lipinski definition) is 1. The number of benzene rings is 3. The van der Waals surface area contributed by atoms with Gasteiger partial charge in [-0.2, -0.15) is 0 Å². The molecule has 0 saturated heterocycles. The van der Waals surface area contributed by atoms with Crippen molar-refractivity contribution in [2.75, 3.05) is 26.1 Å². The number of methoxy groups -OCH3 is 2. The number of hydrogen-bond acceptors (Lipinski definition) is 6. The summed E-state index contributed by atoms with van der Waals surface area (Å²) in [6.07, 6.45) is 1.53. The SMILES string of the molecule is COc1ccc(C(=O)Nc2ccc(C(C)(C)COC(=O)c3cn(C(C)=O)c4ccccc34)cc2)cc1OC. The van der Waals surface area contributed by atoms with Crippen molar-refractivity contribution in [3.8, 4) is 11.5 Å². The van der Waals surface area contributed by atoms with Crippen LogP contribution in [0.15, 0.2) is 72.9 Å². The zero-order valence-corrected chi connectivity index (χ0v) is 22.0. The van der Waals surface area contributed by atoms with Crippen molar-refractivity contribution in [1.29, 1.82) is 0 Å². The molecule has 0 aliphatic carbocycles. The van der Waals surface area contributed by atoms with E-state index in [2.05, 4.69) is 5.32 Å². The van der Waals surface area contributed by atoms with Gasteiger partial charge in [0.25, 0.3) is 5.91 Å². The summed E-state index contributed by atoms with van der Waals surface area (Å²) in [5.74, 6) is 0.0576. The lowest BCUT2D eigenvalue weighted by Gasteiger charge is -2.25. The molecule has 1 heterocycles. The van der Waals surface area contributed by atoms with Gasteiger partial charge in [-0.15, -0.1) is 0 Å². The Morgan fingerprint density at radius 3 is 2.24 bits per heavy atom. The largest absolute Gasteiger partial charge is 0.493 e. The van der Waals surface area contributed by atoms with E-state index in [4.69, 9.17) is 14.2 Å². The highest BCUT2D eigenvalue weighted by Crippen LogP contribution is 2.29. The van der Waals surface area contributed by atoms with Crippen LogP contribution in [0.25, 0.3) is 10.9 Å². The number of nitrogens with one attached hydrogen (secondary N) is 1. The molecule has 1 amide bonds. The molecule has 196 valence electrons. The van der Waals surface area contributed by atoms with Gasteiger partial charge >= 0.3 is 5.97 Å². The van der Waals surface area contributed by atoms with Crippen molar-refractivity contribution >= 4 is 34.4 Å². The van der Waals surface area contributed by atoms with Gasteiger partial charge < -0.3 is 19.5 Å². The van der Waals surface area contributed by atoms with E-state index in [0.29, 0.717) is 39.2 Å². The molecule has 1 N–H and O–H groups in total. The minimum Gasteiger partial charge on any atom is -0.493 e. The Morgan fingerprint density at radius 1 is 0.895 bits per heavy atom. The average molecular weight is 515 g/mol. The second-order valence-electron chi connectivity index (χ2n) is 9.51. The summed E-state index contributed by atoms with van der Waals surface area (Å²) in [5, 5.41) is 3.54. The van der Waals surface area contributed by atoms with E-state index in [0.717, 1.165) is 5.56 Å². The summed E-state index contributed by atoms with van der Waals surface area (Å²) in [4.78, 5) is 37.7. The topological polar surface area (TPSA) is 95.9 Å². The van der Waals surface area contributed by atoms with E-state index >= 15 is 0 Å². The molecule has 0 atom stereocenters. The standard InChI is InChI=1S/C30H30N2O6/c1-19(33)32-17-24(23-8-6-7-9-25(23)32)29(35)38-18-30(2,3)21-11-13-22(14-12-21)31-28(34)20-10-15-26(36-4)27(16-20)37-5/h6-17H,18H2,1-5H3,(H,31,34). The molecule has 0 aliphatic rings. The number of amides is 1. The number of nitrogens with zero attached hydrogens (tertiary/aromatic N) is 1. The van der Waals surface area contributed by atoms with Crippen LogP contribution in [0.3, 0.4) is 0 Å². The fourth-order valence-electron chi connectivity index (χ4n) is 4.20. The van der Waals surface area contributed by atoms with Crippen LogP contribution >= 0.6 is 0 Å². The number of aromatic nitrogens is 1. The fourth-order valence-corrected chi connectivity index (χ4v) is 4.20. The molecule has 0 aliphatic heterocycles. The van der Waals surface area contributed by atoms with Crippen molar-refractivity contribution in [3.05, 3.63) is 89.6 Å². The summed E-state index contributed by atoms with van der Waals surface area (Å²) >= 11 is 0. The maximum absolute atomic E-state index is 13.0. The van der Waals surface area contributed by atoms with Gasteiger partial charge in [-0.1, -0.05) is 44.2 Å². The van der Waals surface area contributed by atoms with E-state index in [1.165, 1.54) is 31.9 Å². The molecule has 0 unspecified atom stereocenters. The van der Waals surface area contributed by atoms with Gasteiger partial charge in [-0.05, 0) is 42.0 Å². The molecule has 4 aromatic rings. The zero-order valence-electron chi connectivity index (χ0n) is 22.0. The lowest BCUT2D eigenvalue weighted by atomic mass is 9.85. The van der Waals surface area contributed by atoms with Crippen LogP contribution in [0.1, 0.15) is 51.8 Å². The minimum atomic E-state index is -0.500. The fraction of sp³-hybridized carbons (Fsp3) is 0.233. The highest BCUT2D eigenvalue weighted by Gasteiger charge is 2.25. The van der Waals surface area contributed by atoms with Crippen molar-refractivity contribution in [2.24, 2.45) is 0 Å². The molecule has 3 aromatic carbocycles. The van der Waals surface area contributed by atoms with Gasteiger partial charge in [0.2, 0.25) is 5.91 Å². The molecular weight excluding hydrogens is 484 g/mol. The van der Waals surface area contributed by atoms with Crippen molar-refractivity contribution in [2.45, 2.75) is 26.2 Å². The van der Waals surface area contributed by atoms with Crippen molar-refractivity contribution < 1.29 is 28.6 Å². The van der Waals surface area contributed by atoms with Gasteiger partial charge in [-0.25, -0.2) is 4.79 Å². The lowest BCUT2D eigenvalue weighted by Crippen LogP contribution is -2.26. The van der Waals surface area contributed by atoms with E-state index < -0.39 is 11.4 Å². The number of anilines is 1. The lowest BCUT2D eigenvalue weighted by molar-refractivity contribution is 0.0429. The summed E-state index contributed by atoms with van der Waals surface area (Å²) in [6.45, 7) is 5.51. The predicted octanol–water partition coefficient (Wildman–Crippen LogP) is 5.71. The quantitative estimate of drug-likeness (QED) is 0.303. The third kappa shape index (κ3) is 5.39. The van der Waals surface area contributed by atoms with Crippen molar-refractivity contribution in [1.82, 2.24) is 4.57 Å². The maximum atomic E-state index is 13.0. The van der Waals surface area contributed by atoms with Crippen LogP contribution in [0, 0.1) is 0 Å². The van der Waals surface area contributed by atoms with Crippen LogP contribution < -0.4 is 14.8 Å². The highest BCUT2D eigenvalue weighted by molar-refractivity contribution is 6.07. The first-order valence-electron chi connectivity index (χ1n) is 12.1. The number of rotatable bonds is 8. The summed E-state index contributed by atoms with van der Waals surface area (Å²) in [7, 11) is 3.05. The molecule has 8 heteroatoms. The zero-order chi connectivity index (χ0) is 27.4. The van der Waals surface area contributed by atoms with Crippen LogP contribution in [-0.2, 0) is 10.2 Å². The molecule has 0 radical (unpaired) electrons. The molecule has 0 bridgehead atoms. The molecule has 0 saturated carbocycles. The molecule has 0 fully saturated rings. The smallest absolute Gasteiger partial charge is 0.340 e. The maximum Gasteiger partial charge on any atom is 0.340 e.